The van der Waals surface area contributed by atoms with E-state index in [2.05, 4.69) is 26.0 Å². The van der Waals surface area contributed by atoms with E-state index < -0.39 is 0 Å². The number of hydrogen-bond acceptors (Lipinski definition) is 3. The van der Waals surface area contributed by atoms with Crippen LogP contribution in [0, 0.1) is 11.8 Å². The standard InChI is InChI=1S/C16H23NO2/c1-11-5-6-16(17,12(2)9-11)13-3-4-14-15(10-13)19-8-7-18-14/h3-4,10-12H,5-9,17H2,1-2H3. The van der Waals surface area contributed by atoms with Gasteiger partial charge in [-0.25, -0.2) is 0 Å². The zero-order valence-corrected chi connectivity index (χ0v) is 11.8. The molecule has 1 heterocycles. The van der Waals surface area contributed by atoms with Gasteiger partial charge in [-0.15, -0.1) is 0 Å². The summed E-state index contributed by atoms with van der Waals surface area (Å²) in [6.45, 7) is 5.85. The molecule has 104 valence electrons. The Morgan fingerprint density at radius 3 is 2.63 bits per heavy atom. The molecule has 1 aliphatic heterocycles. The molecule has 1 aliphatic carbocycles. The van der Waals surface area contributed by atoms with Gasteiger partial charge in [0.25, 0.3) is 0 Å². The van der Waals surface area contributed by atoms with Gasteiger partial charge in [0.2, 0.25) is 0 Å². The minimum atomic E-state index is -0.220. The monoisotopic (exact) mass is 261 g/mol. The molecular formula is C16H23NO2. The Balaban J connectivity index is 1.92. The summed E-state index contributed by atoms with van der Waals surface area (Å²) in [4.78, 5) is 0. The molecule has 1 aromatic carbocycles. The Hall–Kier alpha value is -1.22. The fourth-order valence-electron chi connectivity index (χ4n) is 3.43. The molecule has 1 saturated carbocycles. The maximum atomic E-state index is 6.72. The first-order valence-corrected chi connectivity index (χ1v) is 7.28. The Labute approximate surface area is 115 Å². The third-order valence-electron chi connectivity index (χ3n) is 4.77. The molecule has 0 bridgehead atoms. The van der Waals surface area contributed by atoms with E-state index in [-0.39, 0.29) is 5.54 Å². The van der Waals surface area contributed by atoms with E-state index in [0.717, 1.165) is 23.8 Å². The second-order valence-electron chi connectivity index (χ2n) is 6.18. The highest BCUT2D eigenvalue weighted by atomic mass is 16.6. The highest BCUT2D eigenvalue weighted by Gasteiger charge is 2.38. The van der Waals surface area contributed by atoms with Crippen LogP contribution in [-0.4, -0.2) is 13.2 Å². The van der Waals surface area contributed by atoms with Crippen molar-refractivity contribution in [1.82, 2.24) is 0 Å². The van der Waals surface area contributed by atoms with E-state index in [1.165, 1.54) is 18.4 Å². The van der Waals surface area contributed by atoms with E-state index in [9.17, 15) is 0 Å². The number of ether oxygens (including phenoxy) is 2. The van der Waals surface area contributed by atoms with Crippen LogP contribution in [0.25, 0.3) is 0 Å². The van der Waals surface area contributed by atoms with Crippen molar-refractivity contribution in [2.45, 2.75) is 38.6 Å². The quantitative estimate of drug-likeness (QED) is 0.845. The van der Waals surface area contributed by atoms with Crippen LogP contribution in [0.3, 0.4) is 0 Å². The highest BCUT2D eigenvalue weighted by molar-refractivity contribution is 5.46. The summed E-state index contributed by atoms with van der Waals surface area (Å²) in [5, 5.41) is 0. The van der Waals surface area contributed by atoms with Gasteiger partial charge in [-0.3, -0.25) is 0 Å². The summed E-state index contributed by atoms with van der Waals surface area (Å²) in [6.07, 6.45) is 3.45. The van der Waals surface area contributed by atoms with Crippen LogP contribution < -0.4 is 15.2 Å². The number of fused-ring (bicyclic) bond motifs is 1. The third-order valence-corrected chi connectivity index (χ3v) is 4.77. The molecule has 3 rings (SSSR count). The molecule has 3 nitrogen and oxygen atoms in total. The van der Waals surface area contributed by atoms with Crippen molar-refractivity contribution in [2.75, 3.05) is 13.2 Å². The van der Waals surface area contributed by atoms with Gasteiger partial charge >= 0.3 is 0 Å². The summed E-state index contributed by atoms with van der Waals surface area (Å²) in [5.41, 5.74) is 7.69. The van der Waals surface area contributed by atoms with Crippen molar-refractivity contribution in [1.29, 1.82) is 0 Å². The molecule has 2 aliphatic rings. The van der Waals surface area contributed by atoms with Gasteiger partial charge in [0, 0.05) is 5.54 Å². The Bertz CT molecular complexity index is 474. The van der Waals surface area contributed by atoms with Crippen molar-refractivity contribution < 1.29 is 9.47 Å². The average molecular weight is 261 g/mol. The molecule has 0 radical (unpaired) electrons. The van der Waals surface area contributed by atoms with Crippen LogP contribution in [0.5, 0.6) is 11.5 Å². The van der Waals surface area contributed by atoms with Crippen LogP contribution in [0.4, 0.5) is 0 Å². The summed E-state index contributed by atoms with van der Waals surface area (Å²) in [6, 6.07) is 6.20. The molecule has 0 amide bonds. The molecule has 0 saturated heterocycles. The average Bonchev–Trinajstić information content (AvgIpc) is 2.43. The van der Waals surface area contributed by atoms with E-state index in [4.69, 9.17) is 15.2 Å². The van der Waals surface area contributed by atoms with Gasteiger partial charge in [0.15, 0.2) is 11.5 Å². The zero-order valence-electron chi connectivity index (χ0n) is 11.8. The minimum absolute atomic E-state index is 0.220. The van der Waals surface area contributed by atoms with Crippen LogP contribution in [-0.2, 0) is 5.54 Å². The molecule has 3 heteroatoms. The van der Waals surface area contributed by atoms with Crippen LogP contribution in [0.1, 0.15) is 38.7 Å². The topological polar surface area (TPSA) is 44.5 Å². The lowest BCUT2D eigenvalue weighted by Crippen LogP contribution is -2.46. The molecule has 19 heavy (non-hydrogen) atoms. The molecule has 1 fully saturated rings. The Morgan fingerprint density at radius 1 is 1.16 bits per heavy atom. The number of hydrogen-bond donors (Lipinski definition) is 1. The fraction of sp³-hybridized carbons (Fsp3) is 0.625. The van der Waals surface area contributed by atoms with Crippen LogP contribution in [0.15, 0.2) is 18.2 Å². The minimum Gasteiger partial charge on any atom is -0.486 e. The second kappa shape index (κ2) is 4.71. The van der Waals surface area contributed by atoms with Crippen LogP contribution >= 0.6 is 0 Å². The van der Waals surface area contributed by atoms with Crippen LogP contribution in [0.2, 0.25) is 0 Å². The van der Waals surface area contributed by atoms with Crippen molar-refractivity contribution in [3.8, 4) is 11.5 Å². The van der Waals surface area contributed by atoms with Gasteiger partial charge in [0.05, 0.1) is 0 Å². The summed E-state index contributed by atoms with van der Waals surface area (Å²) in [5.74, 6) is 2.97. The molecule has 0 spiro atoms. The summed E-state index contributed by atoms with van der Waals surface area (Å²) >= 11 is 0. The van der Waals surface area contributed by atoms with Gasteiger partial charge in [-0.1, -0.05) is 19.9 Å². The third kappa shape index (κ3) is 2.20. The molecule has 3 unspecified atom stereocenters. The first-order valence-electron chi connectivity index (χ1n) is 7.28. The van der Waals surface area contributed by atoms with Crippen molar-refractivity contribution in [3.05, 3.63) is 23.8 Å². The maximum Gasteiger partial charge on any atom is 0.161 e. The van der Waals surface area contributed by atoms with Gasteiger partial charge < -0.3 is 15.2 Å². The van der Waals surface area contributed by atoms with E-state index in [1.807, 2.05) is 6.07 Å². The summed E-state index contributed by atoms with van der Waals surface area (Å²) < 4.78 is 11.3. The SMILES string of the molecule is CC1CCC(N)(c2ccc3c(c2)OCCO3)C(C)C1. The number of nitrogens with two attached hydrogens (primary N) is 1. The van der Waals surface area contributed by atoms with Crippen molar-refractivity contribution in [3.63, 3.8) is 0 Å². The number of benzene rings is 1. The van der Waals surface area contributed by atoms with Gasteiger partial charge in [0.1, 0.15) is 13.2 Å². The summed E-state index contributed by atoms with van der Waals surface area (Å²) in [7, 11) is 0. The molecule has 1 aromatic rings. The Kier molecular flexibility index (Phi) is 3.17. The Morgan fingerprint density at radius 2 is 1.89 bits per heavy atom. The second-order valence-corrected chi connectivity index (χ2v) is 6.18. The first kappa shape index (κ1) is 12.8. The highest BCUT2D eigenvalue weighted by Crippen LogP contribution is 2.44. The molecule has 3 atom stereocenters. The van der Waals surface area contributed by atoms with Crippen molar-refractivity contribution in [2.24, 2.45) is 17.6 Å². The predicted molar refractivity (Wildman–Crippen MR) is 75.5 cm³/mol. The normalized spacial score (nSPS) is 34.1. The number of rotatable bonds is 1. The smallest absolute Gasteiger partial charge is 0.161 e. The van der Waals surface area contributed by atoms with E-state index >= 15 is 0 Å². The first-order chi connectivity index (χ1) is 9.09. The van der Waals surface area contributed by atoms with E-state index in [0.29, 0.717) is 19.1 Å². The van der Waals surface area contributed by atoms with Gasteiger partial charge in [-0.05, 0) is 48.8 Å². The maximum absolute atomic E-state index is 6.72. The van der Waals surface area contributed by atoms with E-state index in [1.54, 1.807) is 0 Å². The molecule has 2 N–H and O–H groups in total. The van der Waals surface area contributed by atoms with Crippen molar-refractivity contribution >= 4 is 0 Å². The zero-order chi connectivity index (χ0) is 13.5. The molecule has 0 aromatic heterocycles. The molecular weight excluding hydrogens is 238 g/mol. The fourth-order valence-corrected chi connectivity index (χ4v) is 3.43. The lowest BCUT2D eigenvalue weighted by molar-refractivity contribution is 0.158. The van der Waals surface area contributed by atoms with Gasteiger partial charge in [-0.2, -0.15) is 0 Å². The lowest BCUT2D eigenvalue weighted by atomic mass is 9.67. The largest absolute Gasteiger partial charge is 0.486 e. The lowest BCUT2D eigenvalue weighted by Gasteiger charge is -2.42. The predicted octanol–water partition coefficient (Wildman–Crippen LogP) is 3.07.